The minimum absolute atomic E-state index is 0.257. The molecule has 1 rings (SSSR count). The van der Waals surface area contributed by atoms with E-state index in [0.29, 0.717) is 23.4 Å². The summed E-state index contributed by atoms with van der Waals surface area (Å²) in [5.74, 6) is 0.0113. The summed E-state index contributed by atoms with van der Waals surface area (Å²) in [6.07, 6.45) is 1.67. The maximum absolute atomic E-state index is 10.9. The van der Waals surface area contributed by atoms with Crippen molar-refractivity contribution in [1.82, 2.24) is 4.57 Å². The topological polar surface area (TPSA) is 42.2 Å². The summed E-state index contributed by atoms with van der Waals surface area (Å²) in [6, 6.07) is 1.48. The summed E-state index contributed by atoms with van der Waals surface area (Å²) in [5, 5.41) is 9.43. The molecule has 0 aliphatic heterocycles. The van der Waals surface area contributed by atoms with Gasteiger partial charge in [-0.2, -0.15) is 0 Å². The summed E-state index contributed by atoms with van der Waals surface area (Å²) < 4.78 is 1.70. The third kappa shape index (κ3) is 2.99. The molecule has 4 heteroatoms. The second kappa shape index (κ2) is 4.71. The first-order chi connectivity index (χ1) is 6.91. The Balaban J connectivity index is 2.89. The van der Waals surface area contributed by atoms with Crippen LogP contribution in [0.5, 0.6) is 0 Å². The Kier molecular flexibility index (Phi) is 3.80. The molecule has 0 spiro atoms. The average Bonchev–Trinajstić information content (AvgIpc) is 2.46. The number of hydrogen-bond acceptors (Lipinski definition) is 1. The molecule has 0 fully saturated rings. The Morgan fingerprint density at radius 3 is 2.60 bits per heavy atom. The molecule has 84 valence electrons. The quantitative estimate of drug-likeness (QED) is 0.862. The summed E-state index contributed by atoms with van der Waals surface area (Å²) in [4.78, 5) is 10.9. The van der Waals surface area contributed by atoms with Gasteiger partial charge < -0.3 is 9.67 Å². The third-order valence-electron chi connectivity index (χ3n) is 2.71. The second-order valence-electron chi connectivity index (χ2n) is 4.22. The Morgan fingerprint density at radius 2 is 2.13 bits per heavy atom. The van der Waals surface area contributed by atoms with Crippen molar-refractivity contribution < 1.29 is 9.90 Å². The summed E-state index contributed by atoms with van der Waals surface area (Å²) >= 11 is 5.79. The highest BCUT2D eigenvalue weighted by atomic mass is 35.5. The highest BCUT2D eigenvalue weighted by molar-refractivity contribution is 6.30. The van der Waals surface area contributed by atoms with E-state index < -0.39 is 5.97 Å². The normalized spacial score (nSPS) is 13.1. The van der Waals surface area contributed by atoms with Gasteiger partial charge in [-0.3, -0.25) is 0 Å². The molecule has 1 heterocycles. The molecule has 0 radical (unpaired) electrons. The van der Waals surface area contributed by atoms with Crippen LogP contribution in [0.3, 0.4) is 0 Å². The molecule has 1 N–H and O–H groups in total. The zero-order valence-electron chi connectivity index (χ0n) is 9.20. The van der Waals surface area contributed by atoms with E-state index in [9.17, 15) is 4.79 Å². The van der Waals surface area contributed by atoms with Crippen LogP contribution in [0, 0.1) is 11.8 Å². The van der Waals surface area contributed by atoms with E-state index >= 15 is 0 Å². The molecule has 1 atom stereocenters. The number of halogens is 1. The molecule has 0 bridgehead atoms. The van der Waals surface area contributed by atoms with Gasteiger partial charge in [0.15, 0.2) is 0 Å². The van der Waals surface area contributed by atoms with Gasteiger partial charge >= 0.3 is 5.97 Å². The van der Waals surface area contributed by atoms with Gasteiger partial charge in [0.2, 0.25) is 0 Å². The van der Waals surface area contributed by atoms with Gasteiger partial charge in [0.1, 0.15) is 5.69 Å². The molecule has 0 aliphatic rings. The largest absolute Gasteiger partial charge is 0.477 e. The first kappa shape index (κ1) is 12.1. The molecule has 0 aromatic carbocycles. The number of rotatable bonds is 4. The van der Waals surface area contributed by atoms with Crippen molar-refractivity contribution in [3.63, 3.8) is 0 Å². The number of carboxylic acid groups (broad SMARTS) is 1. The van der Waals surface area contributed by atoms with Crippen molar-refractivity contribution in [2.45, 2.75) is 27.3 Å². The fourth-order valence-corrected chi connectivity index (χ4v) is 1.55. The number of hydrogen-bond donors (Lipinski definition) is 1. The molecule has 15 heavy (non-hydrogen) atoms. The Bertz CT molecular complexity index is 357. The molecule has 0 saturated heterocycles. The molecule has 3 nitrogen and oxygen atoms in total. The first-order valence-corrected chi connectivity index (χ1v) is 5.38. The smallest absolute Gasteiger partial charge is 0.352 e. The van der Waals surface area contributed by atoms with E-state index in [4.69, 9.17) is 16.7 Å². The van der Waals surface area contributed by atoms with Crippen molar-refractivity contribution in [2.75, 3.05) is 0 Å². The first-order valence-electron chi connectivity index (χ1n) is 5.00. The second-order valence-corrected chi connectivity index (χ2v) is 4.66. The van der Waals surface area contributed by atoms with Gasteiger partial charge in [0, 0.05) is 12.7 Å². The Hall–Kier alpha value is -0.960. The van der Waals surface area contributed by atoms with Gasteiger partial charge in [-0.1, -0.05) is 32.4 Å². The lowest BCUT2D eigenvalue weighted by molar-refractivity contribution is 0.0683. The predicted molar refractivity (Wildman–Crippen MR) is 60.4 cm³/mol. The molecule has 0 aliphatic carbocycles. The van der Waals surface area contributed by atoms with Crippen molar-refractivity contribution in [3.8, 4) is 0 Å². The van der Waals surface area contributed by atoms with Crippen LogP contribution >= 0.6 is 11.6 Å². The maximum atomic E-state index is 10.9. The number of nitrogens with zero attached hydrogens (tertiary/aromatic N) is 1. The maximum Gasteiger partial charge on any atom is 0.352 e. The van der Waals surface area contributed by atoms with Crippen molar-refractivity contribution in [2.24, 2.45) is 11.8 Å². The van der Waals surface area contributed by atoms with E-state index in [0.717, 1.165) is 0 Å². The van der Waals surface area contributed by atoms with Crippen LogP contribution in [0.1, 0.15) is 31.3 Å². The van der Waals surface area contributed by atoms with Gasteiger partial charge in [-0.25, -0.2) is 4.79 Å². The molecule has 1 aromatic rings. The average molecular weight is 230 g/mol. The van der Waals surface area contributed by atoms with E-state index in [-0.39, 0.29) is 5.69 Å². The van der Waals surface area contributed by atoms with E-state index in [2.05, 4.69) is 20.8 Å². The fourth-order valence-electron chi connectivity index (χ4n) is 1.33. The SMILES string of the molecule is CC(C)C(C)Cn1cc(Cl)cc1C(=O)O. The van der Waals surface area contributed by atoms with Crippen LogP contribution in [-0.4, -0.2) is 15.6 Å². The minimum atomic E-state index is -0.933. The van der Waals surface area contributed by atoms with E-state index in [1.165, 1.54) is 6.07 Å². The van der Waals surface area contributed by atoms with Crippen LogP contribution in [0.15, 0.2) is 12.3 Å². The molecule has 1 aromatic heterocycles. The van der Waals surface area contributed by atoms with Crippen molar-refractivity contribution in [3.05, 3.63) is 23.0 Å². The Morgan fingerprint density at radius 1 is 1.53 bits per heavy atom. The van der Waals surface area contributed by atoms with Crippen molar-refractivity contribution in [1.29, 1.82) is 0 Å². The van der Waals surface area contributed by atoms with E-state index in [1.54, 1.807) is 10.8 Å². The number of aromatic nitrogens is 1. The van der Waals surface area contributed by atoms with Crippen LogP contribution < -0.4 is 0 Å². The van der Waals surface area contributed by atoms with Crippen molar-refractivity contribution >= 4 is 17.6 Å². The predicted octanol–water partition coefficient (Wildman–Crippen LogP) is 3.13. The van der Waals surface area contributed by atoms with Crippen LogP contribution in [0.25, 0.3) is 0 Å². The monoisotopic (exact) mass is 229 g/mol. The highest BCUT2D eigenvalue weighted by Gasteiger charge is 2.15. The number of aromatic carboxylic acids is 1. The molecular formula is C11H16ClNO2. The van der Waals surface area contributed by atoms with Gasteiger partial charge in [0.25, 0.3) is 0 Å². The molecule has 1 unspecified atom stereocenters. The van der Waals surface area contributed by atoms with Gasteiger partial charge in [-0.05, 0) is 17.9 Å². The Labute approximate surface area is 94.7 Å². The number of carboxylic acids is 1. The van der Waals surface area contributed by atoms with Crippen LogP contribution in [-0.2, 0) is 6.54 Å². The van der Waals surface area contributed by atoms with Crippen LogP contribution in [0.2, 0.25) is 5.02 Å². The summed E-state index contributed by atoms with van der Waals surface area (Å²) in [7, 11) is 0. The summed E-state index contributed by atoms with van der Waals surface area (Å²) in [6.45, 7) is 7.03. The molecule has 0 saturated carbocycles. The lowest BCUT2D eigenvalue weighted by Crippen LogP contribution is -2.16. The zero-order chi connectivity index (χ0) is 11.6. The van der Waals surface area contributed by atoms with E-state index in [1.807, 2.05) is 0 Å². The molecular weight excluding hydrogens is 214 g/mol. The number of carbonyl (C=O) groups is 1. The van der Waals surface area contributed by atoms with Crippen LogP contribution in [0.4, 0.5) is 0 Å². The highest BCUT2D eigenvalue weighted by Crippen LogP contribution is 2.19. The molecule has 0 amide bonds. The minimum Gasteiger partial charge on any atom is -0.477 e. The third-order valence-corrected chi connectivity index (χ3v) is 2.91. The fraction of sp³-hybridized carbons (Fsp3) is 0.545. The zero-order valence-corrected chi connectivity index (χ0v) is 9.95. The van der Waals surface area contributed by atoms with Gasteiger partial charge in [-0.15, -0.1) is 0 Å². The summed E-state index contributed by atoms with van der Waals surface area (Å²) in [5.41, 5.74) is 0.257. The standard InChI is InChI=1S/C11H16ClNO2/c1-7(2)8(3)5-13-6-9(12)4-10(13)11(14)15/h4,6-8H,5H2,1-3H3,(H,14,15). The lowest BCUT2D eigenvalue weighted by Gasteiger charge is -2.17. The van der Waals surface area contributed by atoms with Gasteiger partial charge in [0.05, 0.1) is 5.02 Å². The lowest BCUT2D eigenvalue weighted by atomic mass is 9.98.